The lowest BCUT2D eigenvalue weighted by atomic mass is 9.65. The Hall–Kier alpha value is -2.37. The standard InChI is InChI=1S/C20H27N3O3/c1-19(2)14(17(24)23(4)5)11-12-20(19,3)18-21-16(22-26-18)13-9-7-8-10-15(13)25-6/h7-10,14H,11-12H2,1-6H3. The number of rotatable bonds is 4. The number of hydrogen-bond acceptors (Lipinski definition) is 5. The minimum atomic E-state index is -0.364. The molecule has 3 rings (SSSR count). The molecular formula is C20H27N3O3. The topological polar surface area (TPSA) is 68.5 Å². The number of benzene rings is 1. The Labute approximate surface area is 154 Å². The summed E-state index contributed by atoms with van der Waals surface area (Å²) < 4.78 is 11.1. The highest BCUT2D eigenvalue weighted by Gasteiger charge is 2.58. The van der Waals surface area contributed by atoms with Crippen LogP contribution in [0.5, 0.6) is 5.75 Å². The second kappa shape index (κ2) is 6.41. The smallest absolute Gasteiger partial charge is 0.233 e. The average Bonchev–Trinajstić information content (AvgIpc) is 3.19. The molecule has 0 spiro atoms. The summed E-state index contributed by atoms with van der Waals surface area (Å²) in [6.07, 6.45) is 1.64. The quantitative estimate of drug-likeness (QED) is 0.837. The van der Waals surface area contributed by atoms with Crippen LogP contribution in [0.25, 0.3) is 11.4 Å². The van der Waals surface area contributed by atoms with Crippen LogP contribution >= 0.6 is 0 Å². The van der Waals surface area contributed by atoms with E-state index in [-0.39, 0.29) is 22.7 Å². The maximum atomic E-state index is 12.6. The molecule has 6 nitrogen and oxygen atoms in total. The summed E-state index contributed by atoms with van der Waals surface area (Å²) in [5, 5.41) is 4.19. The monoisotopic (exact) mass is 357 g/mol. The van der Waals surface area contributed by atoms with E-state index in [2.05, 4.69) is 25.9 Å². The fourth-order valence-corrected chi connectivity index (χ4v) is 4.01. The van der Waals surface area contributed by atoms with Gasteiger partial charge in [0, 0.05) is 20.0 Å². The van der Waals surface area contributed by atoms with Gasteiger partial charge in [0.05, 0.1) is 18.1 Å². The number of ether oxygens (including phenoxy) is 1. The molecule has 0 N–H and O–H groups in total. The number of amides is 1. The van der Waals surface area contributed by atoms with Gasteiger partial charge in [-0.1, -0.05) is 38.1 Å². The highest BCUT2D eigenvalue weighted by atomic mass is 16.5. The number of methoxy groups -OCH3 is 1. The van der Waals surface area contributed by atoms with E-state index in [4.69, 9.17) is 14.2 Å². The van der Waals surface area contributed by atoms with E-state index in [1.807, 2.05) is 24.3 Å². The Balaban J connectivity index is 1.97. The molecule has 140 valence electrons. The summed E-state index contributed by atoms with van der Waals surface area (Å²) in [6, 6.07) is 7.61. The summed E-state index contributed by atoms with van der Waals surface area (Å²) in [5.41, 5.74) is 0.139. The molecular weight excluding hydrogens is 330 g/mol. The third-order valence-electron chi connectivity index (χ3n) is 6.21. The van der Waals surface area contributed by atoms with Gasteiger partial charge in [0.25, 0.3) is 0 Å². The van der Waals surface area contributed by atoms with Crippen LogP contribution in [-0.4, -0.2) is 42.2 Å². The van der Waals surface area contributed by atoms with Crippen LogP contribution in [0.15, 0.2) is 28.8 Å². The first-order valence-corrected chi connectivity index (χ1v) is 8.91. The van der Waals surface area contributed by atoms with Crippen molar-refractivity contribution in [3.05, 3.63) is 30.2 Å². The lowest BCUT2D eigenvalue weighted by molar-refractivity contribution is -0.136. The number of para-hydroxylation sites is 1. The second-order valence-electron chi connectivity index (χ2n) is 8.00. The van der Waals surface area contributed by atoms with E-state index in [9.17, 15) is 4.79 Å². The average molecular weight is 357 g/mol. The zero-order chi connectivity index (χ0) is 19.1. The Bertz CT molecular complexity index is 812. The van der Waals surface area contributed by atoms with Gasteiger partial charge in [-0.3, -0.25) is 4.79 Å². The summed E-state index contributed by atoms with van der Waals surface area (Å²) in [5.74, 6) is 1.89. The summed E-state index contributed by atoms with van der Waals surface area (Å²) in [7, 11) is 5.24. The number of aromatic nitrogens is 2. The maximum Gasteiger partial charge on any atom is 0.233 e. The third kappa shape index (κ3) is 2.68. The molecule has 2 atom stereocenters. The van der Waals surface area contributed by atoms with Gasteiger partial charge in [0.1, 0.15) is 5.75 Å². The highest BCUT2D eigenvalue weighted by Crippen LogP contribution is 2.57. The summed E-state index contributed by atoms with van der Waals surface area (Å²) in [6.45, 7) is 6.37. The van der Waals surface area contributed by atoms with Crippen molar-refractivity contribution in [3.8, 4) is 17.1 Å². The van der Waals surface area contributed by atoms with Crippen LogP contribution in [0, 0.1) is 11.3 Å². The van der Waals surface area contributed by atoms with Crippen LogP contribution in [0.2, 0.25) is 0 Å². The number of hydrogen-bond donors (Lipinski definition) is 0. The Kier molecular flexibility index (Phi) is 4.54. The molecule has 1 amide bonds. The van der Waals surface area contributed by atoms with Crippen LogP contribution in [0.3, 0.4) is 0 Å². The molecule has 2 aromatic rings. The van der Waals surface area contributed by atoms with Crippen molar-refractivity contribution in [2.45, 2.75) is 39.0 Å². The van der Waals surface area contributed by atoms with Gasteiger partial charge in [-0.05, 0) is 30.4 Å². The van der Waals surface area contributed by atoms with Crippen LogP contribution < -0.4 is 4.74 Å². The molecule has 0 bridgehead atoms. The molecule has 2 unspecified atom stereocenters. The largest absolute Gasteiger partial charge is 0.496 e. The van der Waals surface area contributed by atoms with E-state index in [1.165, 1.54) is 0 Å². The van der Waals surface area contributed by atoms with Crippen LogP contribution in [0.1, 0.15) is 39.5 Å². The number of carbonyl (C=O) groups is 1. The van der Waals surface area contributed by atoms with E-state index in [0.717, 1.165) is 18.4 Å². The minimum Gasteiger partial charge on any atom is -0.496 e. The van der Waals surface area contributed by atoms with Crippen LogP contribution in [0.4, 0.5) is 0 Å². The predicted octanol–water partition coefficient (Wildman–Crippen LogP) is 3.53. The van der Waals surface area contributed by atoms with E-state index >= 15 is 0 Å². The SMILES string of the molecule is COc1ccccc1-c1noc(C2(C)CCC(C(=O)N(C)C)C2(C)C)n1. The predicted molar refractivity (Wildman–Crippen MR) is 98.8 cm³/mol. The van der Waals surface area contributed by atoms with E-state index < -0.39 is 0 Å². The molecule has 0 aliphatic heterocycles. The van der Waals surface area contributed by atoms with Crippen molar-refractivity contribution in [1.29, 1.82) is 0 Å². The van der Waals surface area contributed by atoms with Gasteiger partial charge in [-0.25, -0.2) is 0 Å². The summed E-state index contributed by atoms with van der Waals surface area (Å²) >= 11 is 0. The maximum absolute atomic E-state index is 12.6. The third-order valence-corrected chi connectivity index (χ3v) is 6.21. The number of carbonyl (C=O) groups excluding carboxylic acids is 1. The van der Waals surface area contributed by atoms with Crippen molar-refractivity contribution in [2.75, 3.05) is 21.2 Å². The highest BCUT2D eigenvalue weighted by molar-refractivity contribution is 5.80. The molecule has 6 heteroatoms. The van der Waals surface area contributed by atoms with E-state index in [0.29, 0.717) is 17.5 Å². The van der Waals surface area contributed by atoms with E-state index in [1.54, 1.807) is 26.1 Å². The molecule has 1 aromatic carbocycles. The molecule has 0 radical (unpaired) electrons. The Morgan fingerprint density at radius 1 is 1.27 bits per heavy atom. The lowest BCUT2D eigenvalue weighted by Crippen LogP contribution is -2.43. The summed E-state index contributed by atoms with van der Waals surface area (Å²) in [4.78, 5) is 19.0. The molecule has 0 saturated heterocycles. The Morgan fingerprint density at radius 3 is 2.62 bits per heavy atom. The molecule has 26 heavy (non-hydrogen) atoms. The molecule has 1 aliphatic rings. The molecule has 1 fully saturated rings. The van der Waals surface area contributed by atoms with Crippen molar-refractivity contribution in [2.24, 2.45) is 11.3 Å². The van der Waals surface area contributed by atoms with Gasteiger partial charge < -0.3 is 14.2 Å². The van der Waals surface area contributed by atoms with Crippen molar-refractivity contribution >= 4 is 5.91 Å². The van der Waals surface area contributed by atoms with Gasteiger partial charge in [-0.15, -0.1) is 0 Å². The van der Waals surface area contributed by atoms with Crippen molar-refractivity contribution in [3.63, 3.8) is 0 Å². The lowest BCUT2D eigenvalue weighted by Gasteiger charge is -2.39. The Morgan fingerprint density at radius 2 is 1.96 bits per heavy atom. The molecule has 1 saturated carbocycles. The molecule has 1 heterocycles. The first-order chi connectivity index (χ1) is 12.2. The molecule has 1 aromatic heterocycles. The van der Waals surface area contributed by atoms with Gasteiger partial charge in [-0.2, -0.15) is 4.98 Å². The van der Waals surface area contributed by atoms with Crippen molar-refractivity contribution in [1.82, 2.24) is 15.0 Å². The van der Waals surface area contributed by atoms with Gasteiger partial charge in [0.15, 0.2) is 0 Å². The van der Waals surface area contributed by atoms with Gasteiger partial charge >= 0.3 is 0 Å². The first-order valence-electron chi connectivity index (χ1n) is 8.91. The second-order valence-corrected chi connectivity index (χ2v) is 8.00. The normalized spacial score (nSPS) is 24.5. The van der Waals surface area contributed by atoms with Gasteiger partial charge in [0.2, 0.25) is 17.6 Å². The fourth-order valence-electron chi connectivity index (χ4n) is 4.01. The fraction of sp³-hybridized carbons (Fsp3) is 0.550. The zero-order valence-electron chi connectivity index (χ0n) is 16.4. The minimum absolute atomic E-state index is 0.0656. The zero-order valence-corrected chi connectivity index (χ0v) is 16.4. The van der Waals surface area contributed by atoms with Crippen LogP contribution in [-0.2, 0) is 10.2 Å². The first kappa shape index (κ1) is 18.4. The van der Waals surface area contributed by atoms with Crippen molar-refractivity contribution < 1.29 is 14.1 Å². The molecule has 1 aliphatic carbocycles. The number of nitrogens with zero attached hydrogens (tertiary/aromatic N) is 3.